The number of imide groups is 1. The molecule has 0 radical (unpaired) electrons. The number of rotatable bonds is 6. The molecule has 0 aromatic heterocycles. The number of hydrogen-bond donors (Lipinski definition) is 1. The van der Waals surface area contributed by atoms with Gasteiger partial charge < -0.3 is 0 Å². The van der Waals surface area contributed by atoms with Gasteiger partial charge in [0.25, 0.3) is 0 Å². The molecule has 2 bridgehead atoms. The molecule has 0 saturated carbocycles. The van der Waals surface area contributed by atoms with Gasteiger partial charge in [0, 0.05) is 12.1 Å². The van der Waals surface area contributed by atoms with Crippen LogP contribution >= 0.6 is 0 Å². The Labute approximate surface area is 255 Å². The van der Waals surface area contributed by atoms with E-state index in [1.807, 2.05) is 109 Å². The highest BCUT2D eigenvalue weighted by molar-refractivity contribution is 6.11. The molecule has 9 rings (SSSR count). The van der Waals surface area contributed by atoms with Gasteiger partial charge >= 0.3 is 0 Å². The maximum atomic E-state index is 14.4. The van der Waals surface area contributed by atoms with Crippen LogP contribution in [-0.2, 0) is 32.8 Å². The second-order valence-electron chi connectivity index (χ2n) is 11.9. The molecule has 4 aliphatic rings. The van der Waals surface area contributed by atoms with Gasteiger partial charge in [-0.15, -0.1) is 0 Å². The molecule has 2 atom stereocenters. The minimum atomic E-state index is -1.02. The summed E-state index contributed by atoms with van der Waals surface area (Å²) in [4.78, 5) is 43.2. The first-order valence-corrected chi connectivity index (χ1v) is 15.0. The number of nitrogens with zero attached hydrogens (tertiary/aromatic N) is 2. The Morgan fingerprint density at radius 1 is 0.750 bits per heavy atom. The molecular weight excluding hydrogens is 546 g/mol. The van der Waals surface area contributed by atoms with Crippen molar-refractivity contribution in [2.75, 3.05) is 0 Å². The largest absolute Gasteiger partial charge is 0.278 e. The fraction of sp³-hybridized carbons (Fsp3) is 0.158. The van der Waals surface area contributed by atoms with Gasteiger partial charge in [-0.2, -0.15) is 5.10 Å². The number of amides is 3. The third kappa shape index (κ3) is 3.80. The number of fused-ring (bicyclic) bond motifs is 1. The molecule has 6 heteroatoms. The summed E-state index contributed by atoms with van der Waals surface area (Å²) >= 11 is 0. The highest BCUT2D eigenvalue weighted by Crippen LogP contribution is 2.63. The standard InChI is InChI=1S/C38H29N3O3/c42-32(21-26-15-10-14-25-13-4-5-16-27(25)26)40-39-23-38-30-19-8-6-17-28(30)33(29-18-7-9-20-31(29)38)34-35(38)37(44)41(36(34)43)22-24-11-2-1-3-12-24/h1-20,23,33-35H,21-22H2,(H,40,42)/b39-23-/t33?,34-,35-,38?/m1/s1. The Hall–Kier alpha value is -5.36. The van der Waals surface area contributed by atoms with Gasteiger partial charge in [-0.05, 0) is 44.2 Å². The molecule has 3 amide bonds. The second kappa shape index (κ2) is 10.1. The zero-order valence-corrected chi connectivity index (χ0v) is 23.9. The van der Waals surface area contributed by atoms with Crippen molar-refractivity contribution >= 4 is 34.7 Å². The summed E-state index contributed by atoms with van der Waals surface area (Å²) in [5.74, 6) is -2.08. The van der Waals surface area contributed by atoms with E-state index in [1.165, 1.54) is 4.90 Å². The lowest BCUT2D eigenvalue weighted by Crippen LogP contribution is -2.54. The van der Waals surface area contributed by atoms with Crippen molar-refractivity contribution in [2.45, 2.75) is 24.3 Å². The van der Waals surface area contributed by atoms with Crippen LogP contribution < -0.4 is 5.43 Å². The second-order valence-corrected chi connectivity index (χ2v) is 11.9. The zero-order chi connectivity index (χ0) is 29.8. The molecule has 44 heavy (non-hydrogen) atoms. The predicted octanol–water partition coefficient (Wildman–Crippen LogP) is 5.73. The highest BCUT2D eigenvalue weighted by Gasteiger charge is 2.67. The quantitative estimate of drug-likeness (QED) is 0.160. The Balaban J connectivity index is 1.20. The predicted molar refractivity (Wildman–Crippen MR) is 169 cm³/mol. The topological polar surface area (TPSA) is 78.8 Å². The third-order valence-corrected chi connectivity index (χ3v) is 9.65. The molecule has 0 spiro atoms. The molecule has 1 saturated heterocycles. The molecule has 1 fully saturated rings. The Morgan fingerprint density at radius 2 is 1.39 bits per heavy atom. The van der Waals surface area contributed by atoms with Gasteiger partial charge in [0.15, 0.2) is 0 Å². The van der Waals surface area contributed by atoms with Crippen LogP contribution in [0.1, 0.15) is 39.3 Å². The van der Waals surface area contributed by atoms with Crippen LogP contribution in [0, 0.1) is 11.8 Å². The van der Waals surface area contributed by atoms with Crippen LogP contribution in [0.3, 0.4) is 0 Å². The molecule has 0 unspecified atom stereocenters. The van der Waals surface area contributed by atoms with Gasteiger partial charge in [-0.3, -0.25) is 19.3 Å². The summed E-state index contributed by atoms with van der Waals surface area (Å²) in [6.07, 6.45) is 1.88. The van der Waals surface area contributed by atoms with Gasteiger partial charge in [-0.1, -0.05) is 121 Å². The molecule has 5 aromatic carbocycles. The Bertz CT molecular complexity index is 1950. The number of benzene rings is 5. The molecule has 214 valence electrons. The molecule has 1 aliphatic heterocycles. The average Bonchev–Trinajstić information content (AvgIpc) is 3.31. The lowest BCUT2D eigenvalue weighted by molar-refractivity contribution is -0.140. The minimum absolute atomic E-state index is 0.157. The molecule has 6 nitrogen and oxygen atoms in total. The average molecular weight is 576 g/mol. The summed E-state index contributed by atoms with van der Waals surface area (Å²) < 4.78 is 0. The number of likely N-dealkylation sites (tertiary alicyclic amines) is 1. The first-order chi connectivity index (χ1) is 21.6. The van der Waals surface area contributed by atoms with Crippen LogP contribution in [0.15, 0.2) is 126 Å². The van der Waals surface area contributed by atoms with Crippen LogP contribution in [-0.4, -0.2) is 28.8 Å². The fourth-order valence-electron chi connectivity index (χ4n) is 7.90. The summed E-state index contributed by atoms with van der Waals surface area (Å²) in [5.41, 5.74) is 7.54. The van der Waals surface area contributed by atoms with E-state index in [4.69, 9.17) is 0 Å². The highest BCUT2D eigenvalue weighted by atomic mass is 16.2. The molecule has 1 N–H and O–H groups in total. The fourth-order valence-corrected chi connectivity index (χ4v) is 7.90. The lowest BCUT2D eigenvalue weighted by Gasteiger charge is -2.52. The summed E-state index contributed by atoms with van der Waals surface area (Å²) in [5, 5.41) is 6.66. The van der Waals surface area contributed by atoms with Crippen LogP contribution in [0.2, 0.25) is 0 Å². The monoisotopic (exact) mass is 575 g/mol. The van der Waals surface area contributed by atoms with E-state index in [2.05, 4.69) is 22.7 Å². The minimum Gasteiger partial charge on any atom is -0.278 e. The van der Waals surface area contributed by atoms with Crippen LogP contribution in [0.5, 0.6) is 0 Å². The van der Waals surface area contributed by atoms with Gasteiger partial charge in [0.05, 0.1) is 30.2 Å². The summed E-state index contributed by atoms with van der Waals surface area (Å²) in [6, 6.07) is 39.6. The first-order valence-electron chi connectivity index (χ1n) is 15.0. The van der Waals surface area contributed by atoms with Crippen LogP contribution in [0.25, 0.3) is 10.8 Å². The molecule has 5 aromatic rings. The van der Waals surface area contributed by atoms with E-state index in [-0.39, 0.29) is 36.6 Å². The maximum Gasteiger partial charge on any atom is 0.244 e. The number of hydrazone groups is 1. The van der Waals surface area contributed by atoms with Crippen molar-refractivity contribution in [3.8, 4) is 0 Å². The van der Waals surface area contributed by atoms with Crippen molar-refractivity contribution in [1.82, 2.24) is 10.3 Å². The number of hydrogen-bond acceptors (Lipinski definition) is 4. The van der Waals surface area contributed by atoms with Crippen molar-refractivity contribution in [2.24, 2.45) is 16.9 Å². The van der Waals surface area contributed by atoms with E-state index >= 15 is 0 Å². The summed E-state index contributed by atoms with van der Waals surface area (Å²) in [7, 11) is 0. The van der Waals surface area contributed by atoms with Crippen molar-refractivity contribution in [1.29, 1.82) is 0 Å². The Morgan fingerprint density at radius 3 is 2.14 bits per heavy atom. The molecular formula is C38H29N3O3. The van der Waals surface area contributed by atoms with Crippen molar-refractivity contribution in [3.63, 3.8) is 0 Å². The number of carbonyl (C=O) groups excluding carboxylic acids is 3. The SMILES string of the molecule is O=C(Cc1cccc2ccccc12)N/N=C\C12c3ccccc3C(c3ccccc31)[C@H]1C(=O)N(Cc3ccccc3)C(=O)[C@@H]12. The van der Waals surface area contributed by atoms with Crippen molar-refractivity contribution < 1.29 is 14.4 Å². The van der Waals surface area contributed by atoms with E-state index < -0.39 is 17.3 Å². The van der Waals surface area contributed by atoms with E-state index in [9.17, 15) is 14.4 Å². The third-order valence-electron chi connectivity index (χ3n) is 9.65. The van der Waals surface area contributed by atoms with Gasteiger partial charge in [0.2, 0.25) is 17.7 Å². The molecule has 3 aliphatic carbocycles. The van der Waals surface area contributed by atoms with E-state index in [0.29, 0.717) is 0 Å². The smallest absolute Gasteiger partial charge is 0.244 e. The normalized spacial score (nSPS) is 23.1. The van der Waals surface area contributed by atoms with Gasteiger partial charge in [0.1, 0.15) is 0 Å². The zero-order valence-electron chi connectivity index (χ0n) is 23.9. The van der Waals surface area contributed by atoms with Gasteiger partial charge in [-0.25, -0.2) is 5.43 Å². The Kier molecular flexibility index (Phi) is 6.05. The first kappa shape index (κ1) is 26.3. The van der Waals surface area contributed by atoms with Crippen molar-refractivity contribution in [3.05, 3.63) is 155 Å². The molecule has 1 heterocycles. The lowest BCUT2D eigenvalue weighted by atomic mass is 9.47. The van der Waals surface area contributed by atoms with Crippen LogP contribution in [0.4, 0.5) is 0 Å². The summed E-state index contributed by atoms with van der Waals surface area (Å²) in [6.45, 7) is 0.222. The number of carbonyl (C=O) groups is 3. The maximum absolute atomic E-state index is 14.4. The van der Waals surface area contributed by atoms with E-state index in [1.54, 1.807) is 6.21 Å². The number of nitrogens with one attached hydrogen (secondary N) is 1. The van der Waals surface area contributed by atoms with E-state index in [0.717, 1.165) is 44.2 Å².